The van der Waals surface area contributed by atoms with Gasteiger partial charge in [0.2, 0.25) is 5.91 Å². The van der Waals surface area contributed by atoms with Crippen LogP contribution >= 0.6 is 0 Å². The van der Waals surface area contributed by atoms with E-state index in [-0.39, 0.29) is 36.0 Å². The lowest BCUT2D eigenvalue weighted by Crippen LogP contribution is -2.50. The summed E-state index contributed by atoms with van der Waals surface area (Å²) in [4.78, 5) is 43.9. The number of amides is 3. The number of likely N-dealkylation sites (tertiary alicyclic amines) is 1. The molecule has 1 aromatic carbocycles. The third-order valence-corrected chi connectivity index (χ3v) is 7.21. The second kappa shape index (κ2) is 8.74. The number of hydrogen-bond acceptors (Lipinski definition) is 6. The Balaban J connectivity index is 1.18. The van der Waals surface area contributed by atoms with Crippen LogP contribution in [0.15, 0.2) is 41.6 Å². The summed E-state index contributed by atoms with van der Waals surface area (Å²) in [7, 11) is 0. The van der Waals surface area contributed by atoms with Gasteiger partial charge < -0.3 is 20.6 Å². The Bertz CT molecular complexity index is 1380. The third kappa shape index (κ3) is 4.58. The first-order valence-electron chi connectivity index (χ1n) is 12.5. The van der Waals surface area contributed by atoms with Crippen molar-refractivity contribution in [3.8, 4) is 5.69 Å². The smallest absolute Gasteiger partial charge is 0.319 e. The molecule has 6 rings (SSSR count). The molecule has 2 aliphatic carbocycles. The molecule has 2 aromatic heterocycles. The monoisotopic (exact) mass is 491 g/mol. The van der Waals surface area contributed by atoms with Gasteiger partial charge in [0.1, 0.15) is 11.7 Å². The Morgan fingerprint density at radius 1 is 1.14 bits per heavy atom. The highest BCUT2D eigenvalue weighted by molar-refractivity contribution is 5.90. The molecule has 1 aliphatic heterocycles. The summed E-state index contributed by atoms with van der Waals surface area (Å²) in [6.07, 6.45) is 7.69. The molecule has 36 heavy (non-hydrogen) atoms. The molecule has 3 aliphatic rings. The van der Waals surface area contributed by atoms with Crippen LogP contribution in [0, 0.1) is 5.92 Å². The third-order valence-electron chi connectivity index (χ3n) is 7.21. The maximum atomic E-state index is 13.2. The van der Waals surface area contributed by atoms with Crippen molar-refractivity contribution in [1.82, 2.24) is 29.5 Å². The van der Waals surface area contributed by atoms with E-state index in [1.54, 1.807) is 22.9 Å². The number of rotatable bonds is 6. The van der Waals surface area contributed by atoms with E-state index in [2.05, 4.69) is 20.7 Å². The number of piperidine rings is 1. The van der Waals surface area contributed by atoms with E-state index in [0.717, 1.165) is 25.7 Å². The molecule has 11 nitrogen and oxygen atoms in total. The van der Waals surface area contributed by atoms with Gasteiger partial charge in [-0.3, -0.25) is 14.2 Å². The van der Waals surface area contributed by atoms with E-state index in [1.165, 1.54) is 17.1 Å². The van der Waals surface area contributed by atoms with Gasteiger partial charge in [-0.2, -0.15) is 5.10 Å². The number of urea groups is 1. The van der Waals surface area contributed by atoms with Crippen LogP contribution in [0.2, 0.25) is 0 Å². The SMILES string of the molecule is O=C(Nc1cccc(-n2ncc3c(=O)n(CC4(O)CCN(C(=O)C5CC5)CC4)cnc32)c1)NC1CC1. The van der Waals surface area contributed by atoms with Gasteiger partial charge in [0.15, 0.2) is 5.65 Å². The number of aliphatic hydroxyl groups is 1. The molecule has 0 bridgehead atoms. The van der Waals surface area contributed by atoms with Crippen molar-refractivity contribution >= 4 is 28.7 Å². The average Bonchev–Trinajstić information content (AvgIpc) is 3.80. The van der Waals surface area contributed by atoms with E-state index in [9.17, 15) is 19.5 Å². The van der Waals surface area contributed by atoms with Crippen molar-refractivity contribution in [2.75, 3.05) is 18.4 Å². The minimum Gasteiger partial charge on any atom is -0.388 e. The van der Waals surface area contributed by atoms with Crippen LogP contribution in [0.3, 0.4) is 0 Å². The van der Waals surface area contributed by atoms with Crippen molar-refractivity contribution < 1.29 is 14.7 Å². The van der Waals surface area contributed by atoms with Crippen molar-refractivity contribution in [2.24, 2.45) is 5.92 Å². The number of nitrogens with zero attached hydrogens (tertiary/aromatic N) is 5. The molecular formula is C25H29N7O4. The van der Waals surface area contributed by atoms with E-state index in [1.807, 2.05) is 11.0 Å². The van der Waals surface area contributed by atoms with Crippen LogP contribution in [0.1, 0.15) is 38.5 Å². The first kappa shape index (κ1) is 22.7. The lowest BCUT2D eigenvalue weighted by molar-refractivity contribution is -0.137. The maximum Gasteiger partial charge on any atom is 0.319 e. The fourth-order valence-electron chi connectivity index (χ4n) is 4.75. The van der Waals surface area contributed by atoms with Crippen LogP contribution in [0.25, 0.3) is 16.7 Å². The van der Waals surface area contributed by atoms with Crippen molar-refractivity contribution in [2.45, 2.75) is 56.7 Å². The molecule has 0 unspecified atom stereocenters. The molecule has 0 radical (unpaired) electrons. The second-order valence-electron chi connectivity index (χ2n) is 10.2. The zero-order chi connectivity index (χ0) is 24.9. The number of nitrogens with one attached hydrogen (secondary N) is 2. The van der Waals surface area contributed by atoms with Crippen molar-refractivity contribution in [3.63, 3.8) is 0 Å². The first-order valence-corrected chi connectivity index (χ1v) is 12.5. The Kier molecular flexibility index (Phi) is 5.51. The zero-order valence-electron chi connectivity index (χ0n) is 19.9. The van der Waals surface area contributed by atoms with Crippen molar-refractivity contribution in [1.29, 1.82) is 0 Å². The molecule has 11 heteroatoms. The molecule has 0 spiro atoms. The number of aromatic nitrogens is 4. The average molecular weight is 492 g/mol. The number of anilines is 1. The normalized spacial score (nSPS) is 19.3. The molecule has 188 valence electrons. The molecule has 3 N–H and O–H groups in total. The highest BCUT2D eigenvalue weighted by atomic mass is 16.3. The predicted octanol–water partition coefficient (Wildman–Crippen LogP) is 1.63. The van der Waals surface area contributed by atoms with Crippen LogP contribution in [0.5, 0.6) is 0 Å². The highest BCUT2D eigenvalue weighted by Crippen LogP contribution is 2.33. The van der Waals surface area contributed by atoms with Gasteiger partial charge in [0, 0.05) is 30.7 Å². The van der Waals surface area contributed by atoms with E-state index in [0.29, 0.717) is 48.3 Å². The summed E-state index contributed by atoms with van der Waals surface area (Å²) < 4.78 is 2.98. The van der Waals surface area contributed by atoms with Gasteiger partial charge in [-0.05, 0) is 56.7 Å². The van der Waals surface area contributed by atoms with Crippen molar-refractivity contribution in [3.05, 3.63) is 47.1 Å². The lowest BCUT2D eigenvalue weighted by atomic mass is 9.91. The summed E-state index contributed by atoms with van der Waals surface area (Å²) in [5.41, 5.74) is 0.305. The quantitative estimate of drug-likeness (QED) is 0.480. The Morgan fingerprint density at radius 2 is 1.92 bits per heavy atom. The number of carbonyl (C=O) groups is 2. The largest absolute Gasteiger partial charge is 0.388 e. The van der Waals surface area contributed by atoms with Gasteiger partial charge in [0.05, 0.1) is 24.0 Å². The summed E-state index contributed by atoms with van der Waals surface area (Å²) >= 11 is 0. The van der Waals surface area contributed by atoms with Gasteiger partial charge in [-0.15, -0.1) is 0 Å². The fourth-order valence-corrected chi connectivity index (χ4v) is 4.75. The molecule has 0 atom stereocenters. The molecule has 3 fully saturated rings. The zero-order valence-corrected chi connectivity index (χ0v) is 19.9. The minimum atomic E-state index is -1.07. The molecule has 1 saturated heterocycles. The van der Waals surface area contributed by atoms with E-state index < -0.39 is 5.60 Å². The lowest BCUT2D eigenvalue weighted by Gasteiger charge is -2.38. The number of carbonyl (C=O) groups excluding carboxylic acids is 2. The Hall–Kier alpha value is -3.73. The number of fused-ring (bicyclic) bond motifs is 1. The second-order valence-corrected chi connectivity index (χ2v) is 10.2. The first-order chi connectivity index (χ1) is 17.4. The van der Waals surface area contributed by atoms with E-state index in [4.69, 9.17) is 0 Å². The number of hydrogen-bond donors (Lipinski definition) is 3. The predicted molar refractivity (Wildman–Crippen MR) is 132 cm³/mol. The minimum absolute atomic E-state index is 0.112. The standard InChI is InChI=1S/C25H29N7O4/c33-22(16-4-5-16)30-10-8-25(36,9-11-30)14-31-15-26-21-20(23(31)34)13-27-32(21)19-3-1-2-18(12-19)29-24(35)28-17-6-7-17/h1-3,12-13,15-17,36H,4-11,14H2,(H2,28,29,35). The van der Waals surface area contributed by atoms with Crippen LogP contribution < -0.4 is 16.2 Å². The molecule has 2 saturated carbocycles. The van der Waals surface area contributed by atoms with Gasteiger partial charge in [-0.25, -0.2) is 14.5 Å². The summed E-state index contributed by atoms with van der Waals surface area (Å²) in [5, 5.41) is 21.5. The van der Waals surface area contributed by atoms with Crippen LogP contribution in [-0.4, -0.2) is 66.0 Å². The molecule has 3 heterocycles. The maximum absolute atomic E-state index is 13.2. The Morgan fingerprint density at radius 3 is 2.64 bits per heavy atom. The highest BCUT2D eigenvalue weighted by Gasteiger charge is 2.39. The summed E-state index contributed by atoms with van der Waals surface area (Å²) in [6, 6.07) is 7.18. The van der Waals surface area contributed by atoms with Crippen LogP contribution in [0.4, 0.5) is 10.5 Å². The van der Waals surface area contributed by atoms with Gasteiger partial charge in [0.25, 0.3) is 5.56 Å². The topological polar surface area (TPSA) is 134 Å². The molecule has 3 aromatic rings. The summed E-state index contributed by atoms with van der Waals surface area (Å²) in [6.45, 7) is 1.11. The van der Waals surface area contributed by atoms with Crippen LogP contribution in [-0.2, 0) is 11.3 Å². The molecular weight excluding hydrogens is 462 g/mol. The van der Waals surface area contributed by atoms with Gasteiger partial charge >= 0.3 is 6.03 Å². The fraction of sp³-hybridized carbons (Fsp3) is 0.480. The van der Waals surface area contributed by atoms with E-state index >= 15 is 0 Å². The summed E-state index contributed by atoms with van der Waals surface area (Å²) in [5.74, 6) is 0.353. The van der Waals surface area contributed by atoms with Gasteiger partial charge in [-0.1, -0.05) is 6.07 Å². The Labute approximate surface area is 207 Å². The molecule has 3 amide bonds. The number of benzene rings is 1.